The van der Waals surface area contributed by atoms with E-state index in [1.807, 2.05) is 30.3 Å². The Morgan fingerprint density at radius 2 is 1.73 bits per heavy atom. The van der Waals surface area contributed by atoms with Crippen molar-refractivity contribution >= 4 is 11.8 Å². The Morgan fingerprint density at radius 3 is 2.49 bits per heavy atom. The number of fused-ring (bicyclic) bond motifs is 1. The maximum absolute atomic E-state index is 13.6. The molecule has 1 unspecified atom stereocenters. The average Bonchev–Trinajstić information content (AvgIpc) is 3.71. The zero-order valence-electron chi connectivity index (χ0n) is 21.1. The standard InChI is InChI=1S/C28H21F2N5O6/c29-28(30)40-21-9-8-18(16-22(21)41-28)20-10-12-35(34-20)24-19(7-4-11-32-24)25(36)33-23(15-17-5-2-1-3-6-17)27(26(31)37)38-13-14-39-27/h1-14,16,23H,15H2,(H2,31,37)(H,33,36). The first-order valence-corrected chi connectivity index (χ1v) is 12.3. The molecule has 2 aromatic carbocycles. The number of ether oxygens (including phenoxy) is 4. The van der Waals surface area contributed by atoms with Gasteiger partial charge in [-0.3, -0.25) is 9.59 Å². The molecule has 0 saturated heterocycles. The maximum atomic E-state index is 13.6. The van der Waals surface area contributed by atoms with Crippen molar-refractivity contribution in [3.63, 3.8) is 0 Å². The number of amides is 2. The second-order valence-electron chi connectivity index (χ2n) is 9.10. The molecule has 11 nitrogen and oxygen atoms in total. The lowest BCUT2D eigenvalue weighted by Gasteiger charge is -2.33. The van der Waals surface area contributed by atoms with Crippen LogP contribution in [0, 0.1) is 0 Å². The van der Waals surface area contributed by atoms with Gasteiger partial charge in [-0.2, -0.15) is 5.10 Å². The molecule has 2 amide bonds. The van der Waals surface area contributed by atoms with Crippen LogP contribution < -0.4 is 20.5 Å². The third-order valence-electron chi connectivity index (χ3n) is 6.47. The molecule has 1 atom stereocenters. The first-order chi connectivity index (χ1) is 19.7. The molecule has 2 aliphatic rings. The van der Waals surface area contributed by atoms with Gasteiger partial charge in [-0.1, -0.05) is 30.3 Å². The smallest absolute Gasteiger partial charge is 0.447 e. The monoisotopic (exact) mass is 561 g/mol. The summed E-state index contributed by atoms with van der Waals surface area (Å²) in [6.45, 7) is 0. The minimum absolute atomic E-state index is 0.0916. The highest BCUT2D eigenvalue weighted by atomic mass is 19.3. The van der Waals surface area contributed by atoms with Crippen LogP contribution in [0.1, 0.15) is 15.9 Å². The molecule has 3 N–H and O–H groups in total. The van der Waals surface area contributed by atoms with Gasteiger partial charge in [0.15, 0.2) is 17.3 Å². The van der Waals surface area contributed by atoms with Crippen molar-refractivity contribution in [2.24, 2.45) is 5.73 Å². The van der Waals surface area contributed by atoms with Crippen molar-refractivity contribution in [1.82, 2.24) is 20.1 Å². The summed E-state index contributed by atoms with van der Waals surface area (Å²) in [6, 6.07) is 17.1. The van der Waals surface area contributed by atoms with Crippen LogP contribution in [0.5, 0.6) is 11.5 Å². The molecule has 4 heterocycles. The number of benzene rings is 2. The van der Waals surface area contributed by atoms with Gasteiger partial charge in [0.2, 0.25) is 0 Å². The van der Waals surface area contributed by atoms with E-state index in [1.165, 1.54) is 41.6 Å². The van der Waals surface area contributed by atoms with E-state index in [2.05, 4.69) is 24.9 Å². The lowest BCUT2D eigenvalue weighted by Crippen LogP contribution is -2.61. The summed E-state index contributed by atoms with van der Waals surface area (Å²) in [7, 11) is 0. The normalized spacial score (nSPS) is 16.4. The van der Waals surface area contributed by atoms with Crippen LogP contribution in [-0.4, -0.2) is 44.7 Å². The summed E-state index contributed by atoms with van der Waals surface area (Å²) in [4.78, 5) is 30.5. The molecule has 2 aromatic heterocycles. The van der Waals surface area contributed by atoms with Gasteiger partial charge in [0.25, 0.3) is 5.91 Å². The second-order valence-corrected chi connectivity index (χ2v) is 9.10. The van der Waals surface area contributed by atoms with E-state index in [9.17, 15) is 18.4 Å². The van der Waals surface area contributed by atoms with E-state index in [0.29, 0.717) is 11.3 Å². The Hall–Kier alpha value is -5.46. The zero-order chi connectivity index (χ0) is 28.6. The summed E-state index contributed by atoms with van der Waals surface area (Å²) in [5.74, 6) is -3.54. The van der Waals surface area contributed by atoms with Gasteiger partial charge in [0, 0.05) is 24.4 Å². The molecule has 0 radical (unpaired) electrons. The minimum Gasteiger partial charge on any atom is -0.447 e. The number of pyridine rings is 1. The number of primary amides is 1. The number of hydrogen-bond donors (Lipinski definition) is 2. The SMILES string of the molecule is NC(=O)C1(C(Cc2ccccc2)NC(=O)c2cccnc2-n2ccc(-c3ccc4c(c3)OC(F)(F)O4)n2)OC=CO1. The Kier molecular flexibility index (Phi) is 6.25. The van der Waals surface area contributed by atoms with Crippen LogP contribution >= 0.6 is 0 Å². The Morgan fingerprint density at radius 1 is 0.976 bits per heavy atom. The molecule has 0 spiro atoms. The fourth-order valence-corrected chi connectivity index (χ4v) is 4.56. The second kappa shape index (κ2) is 9.93. The number of rotatable bonds is 8. The lowest BCUT2D eigenvalue weighted by atomic mass is 9.97. The predicted octanol–water partition coefficient (Wildman–Crippen LogP) is 3.30. The number of aromatic nitrogens is 3. The summed E-state index contributed by atoms with van der Waals surface area (Å²) >= 11 is 0. The number of carbonyl (C=O) groups is 2. The predicted molar refractivity (Wildman–Crippen MR) is 138 cm³/mol. The zero-order valence-corrected chi connectivity index (χ0v) is 21.1. The largest absolute Gasteiger partial charge is 0.586 e. The van der Waals surface area contributed by atoms with Crippen molar-refractivity contribution < 1.29 is 37.3 Å². The molecule has 208 valence electrons. The van der Waals surface area contributed by atoms with Gasteiger partial charge >= 0.3 is 18.0 Å². The van der Waals surface area contributed by atoms with Gasteiger partial charge in [-0.05, 0) is 42.0 Å². The van der Waals surface area contributed by atoms with Gasteiger partial charge in [-0.25, -0.2) is 9.67 Å². The number of nitrogens with one attached hydrogen (secondary N) is 1. The molecule has 0 fully saturated rings. The molecule has 4 aromatic rings. The Labute approximate surface area is 231 Å². The van der Waals surface area contributed by atoms with Gasteiger partial charge in [-0.15, -0.1) is 8.78 Å². The van der Waals surface area contributed by atoms with Crippen LogP contribution in [0.2, 0.25) is 0 Å². The van der Waals surface area contributed by atoms with Crippen LogP contribution in [0.4, 0.5) is 8.78 Å². The number of nitrogens with two attached hydrogens (primary N) is 1. The summed E-state index contributed by atoms with van der Waals surface area (Å²) < 4.78 is 48.2. The summed E-state index contributed by atoms with van der Waals surface area (Å²) in [5.41, 5.74) is 7.45. The molecule has 41 heavy (non-hydrogen) atoms. The van der Waals surface area contributed by atoms with Crippen molar-refractivity contribution in [2.75, 3.05) is 0 Å². The highest BCUT2D eigenvalue weighted by molar-refractivity contribution is 5.98. The fourth-order valence-electron chi connectivity index (χ4n) is 4.56. The van der Waals surface area contributed by atoms with Crippen molar-refractivity contribution in [3.05, 3.63) is 103 Å². The molecule has 0 aliphatic carbocycles. The third-order valence-corrected chi connectivity index (χ3v) is 6.47. The minimum atomic E-state index is -3.74. The first kappa shape index (κ1) is 25.8. The van der Waals surface area contributed by atoms with Gasteiger partial charge in [0.1, 0.15) is 18.6 Å². The maximum Gasteiger partial charge on any atom is 0.586 e. The van der Waals surface area contributed by atoms with E-state index >= 15 is 0 Å². The van der Waals surface area contributed by atoms with Gasteiger partial charge < -0.3 is 30.0 Å². The first-order valence-electron chi connectivity index (χ1n) is 12.3. The number of halogens is 2. The molecule has 13 heteroatoms. The summed E-state index contributed by atoms with van der Waals surface area (Å²) in [5, 5.41) is 7.30. The van der Waals surface area contributed by atoms with Crippen molar-refractivity contribution in [1.29, 1.82) is 0 Å². The van der Waals surface area contributed by atoms with Crippen molar-refractivity contribution in [2.45, 2.75) is 24.5 Å². The van der Waals surface area contributed by atoms with Gasteiger partial charge in [0.05, 0.1) is 11.3 Å². The Balaban J connectivity index is 1.29. The quantitative estimate of drug-likeness (QED) is 0.334. The van der Waals surface area contributed by atoms with E-state index in [0.717, 1.165) is 5.56 Å². The fraction of sp³-hybridized carbons (Fsp3) is 0.143. The van der Waals surface area contributed by atoms with Crippen LogP contribution in [0.25, 0.3) is 17.1 Å². The molecular weight excluding hydrogens is 540 g/mol. The molecule has 6 rings (SSSR count). The van der Waals surface area contributed by atoms with Crippen molar-refractivity contribution in [3.8, 4) is 28.6 Å². The molecular formula is C28H21F2N5O6. The van der Waals surface area contributed by atoms with E-state index in [4.69, 9.17) is 15.2 Å². The lowest BCUT2D eigenvalue weighted by molar-refractivity contribution is -0.286. The number of carbonyl (C=O) groups excluding carboxylic acids is 2. The number of nitrogens with zero attached hydrogens (tertiary/aromatic N) is 3. The molecule has 2 aliphatic heterocycles. The van der Waals surface area contributed by atoms with E-state index < -0.39 is 29.9 Å². The third kappa shape index (κ3) is 4.88. The number of alkyl halides is 2. The van der Waals surface area contributed by atoms with Crippen LogP contribution in [0.15, 0.2) is 91.6 Å². The topological polar surface area (TPSA) is 140 Å². The molecule has 0 bridgehead atoms. The Bertz CT molecular complexity index is 1650. The van der Waals surface area contributed by atoms with Crippen LogP contribution in [-0.2, 0) is 20.7 Å². The van der Waals surface area contributed by atoms with Crippen LogP contribution in [0.3, 0.4) is 0 Å². The molecule has 0 saturated carbocycles. The van der Waals surface area contributed by atoms with E-state index in [-0.39, 0.29) is 29.3 Å². The highest BCUT2D eigenvalue weighted by Crippen LogP contribution is 2.42. The van der Waals surface area contributed by atoms with E-state index in [1.54, 1.807) is 24.4 Å². The summed E-state index contributed by atoms with van der Waals surface area (Å²) in [6.07, 6.45) is 1.83. The number of hydrogen-bond acceptors (Lipinski definition) is 8. The average molecular weight is 562 g/mol. The highest BCUT2D eigenvalue weighted by Gasteiger charge is 2.51.